The molecule has 0 aliphatic rings. The Balaban J connectivity index is 2.22. The Kier molecular flexibility index (Phi) is 4.44. The van der Waals surface area contributed by atoms with Gasteiger partial charge in [0.25, 0.3) is 0 Å². The SMILES string of the molecule is CO[C@H](c1ccccc1)[C@H](O)C(=O)c1ccccc1. The molecule has 98 valence electrons. The number of Topliss-reactive ketones (excluding diaryl/α,β-unsaturated/α-hetero) is 1. The fourth-order valence-electron chi connectivity index (χ4n) is 2.00. The van der Waals surface area contributed by atoms with Crippen molar-refractivity contribution in [3.05, 3.63) is 71.8 Å². The summed E-state index contributed by atoms with van der Waals surface area (Å²) in [4.78, 5) is 12.2. The lowest BCUT2D eigenvalue weighted by Gasteiger charge is -2.21. The molecular weight excluding hydrogens is 240 g/mol. The molecule has 2 aromatic rings. The first-order valence-corrected chi connectivity index (χ1v) is 6.09. The van der Waals surface area contributed by atoms with Crippen molar-refractivity contribution in [1.82, 2.24) is 0 Å². The Morgan fingerprint density at radius 1 is 1.00 bits per heavy atom. The highest BCUT2D eigenvalue weighted by molar-refractivity contribution is 5.99. The molecule has 19 heavy (non-hydrogen) atoms. The molecule has 0 unspecified atom stereocenters. The fourth-order valence-corrected chi connectivity index (χ4v) is 2.00. The van der Waals surface area contributed by atoms with E-state index in [9.17, 15) is 9.90 Å². The summed E-state index contributed by atoms with van der Waals surface area (Å²) in [5.41, 5.74) is 1.26. The van der Waals surface area contributed by atoms with E-state index in [1.54, 1.807) is 24.3 Å². The first kappa shape index (κ1) is 13.5. The van der Waals surface area contributed by atoms with Crippen molar-refractivity contribution in [1.29, 1.82) is 0 Å². The van der Waals surface area contributed by atoms with Crippen LogP contribution in [0.15, 0.2) is 60.7 Å². The second-order valence-corrected chi connectivity index (χ2v) is 4.24. The highest BCUT2D eigenvalue weighted by atomic mass is 16.5. The summed E-state index contributed by atoms with van der Waals surface area (Å²) in [6.07, 6.45) is -1.87. The Bertz CT molecular complexity index is 522. The third kappa shape index (κ3) is 3.08. The van der Waals surface area contributed by atoms with E-state index in [0.717, 1.165) is 5.56 Å². The largest absolute Gasteiger partial charge is 0.382 e. The quantitative estimate of drug-likeness (QED) is 0.836. The average Bonchev–Trinajstić information content (AvgIpc) is 2.49. The van der Waals surface area contributed by atoms with Gasteiger partial charge in [0.15, 0.2) is 5.78 Å². The smallest absolute Gasteiger partial charge is 0.194 e. The standard InChI is InChI=1S/C16H16O3/c1-19-16(13-10-6-3-7-11-13)15(18)14(17)12-8-4-2-5-9-12/h2-11,15-16,18H,1H3/t15-,16-/m1/s1. The first-order valence-electron chi connectivity index (χ1n) is 6.09. The van der Waals surface area contributed by atoms with E-state index in [1.807, 2.05) is 36.4 Å². The van der Waals surface area contributed by atoms with E-state index < -0.39 is 12.2 Å². The van der Waals surface area contributed by atoms with Crippen LogP contribution in [0.5, 0.6) is 0 Å². The molecule has 2 rings (SSSR count). The minimum atomic E-state index is -1.21. The van der Waals surface area contributed by atoms with Gasteiger partial charge in [-0.1, -0.05) is 60.7 Å². The van der Waals surface area contributed by atoms with Gasteiger partial charge < -0.3 is 9.84 Å². The van der Waals surface area contributed by atoms with Crippen LogP contribution >= 0.6 is 0 Å². The van der Waals surface area contributed by atoms with Gasteiger partial charge in [-0.15, -0.1) is 0 Å². The third-order valence-electron chi connectivity index (χ3n) is 3.00. The molecule has 0 saturated heterocycles. The molecule has 0 aromatic heterocycles. The van der Waals surface area contributed by atoms with Crippen molar-refractivity contribution in [3.8, 4) is 0 Å². The van der Waals surface area contributed by atoms with Gasteiger partial charge in [-0.3, -0.25) is 4.79 Å². The van der Waals surface area contributed by atoms with E-state index in [4.69, 9.17) is 4.74 Å². The number of carbonyl (C=O) groups is 1. The number of benzene rings is 2. The van der Waals surface area contributed by atoms with Gasteiger partial charge in [-0.25, -0.2) is 0 Å². The maximum Gasteiger partial charge on any atom is 0.194 e. The highest BCUT2D eigenvalue weighted by Crippen LogP contribution is 2.22. The summed E-state index contributed by atoms with van der Waals surface area (Å²) < 4.78 is 5.27. The molecule has 0 aliphatic carbocycles. The zero-order valence-electron chi connectivity index (χ0n) is 10.7. The number of aliphatic hydroxyl groups excluding tert-OH is 1. The highest BCUT2D eigenvalue weighted by Gasteiger charge is 2.28. The summed E-state index contributed by atoms with van der Waals surface area (Å²) in [6.45, 7) is 0. The molecular formula is C16H16O3. The zero-order valence-corrected chi connectivity index (χ0v) is 10.7. The van der Waals surface area contributed by atoms with Gasteiger partial charge in [-0.2, -0.15) is 0 Å². The van der Waals surface area contributed by atoms with Gasteiger partial charge in [-0.05, 0) is 5.56 Å². The van der Waals surface area contributed by atoms with Crippen molar-refractivity contribution < 1.29 is 14.6 Å². The number of rotatable bonds is 5. The molecule has 0 radical (unpaired) electrons. The monoisotopic (exact) mass is 256 g/mol. The predicted octanol–water partition coefficient (Wildman–Crippen LogP) is 2.62. The Labute approximate surface area is 112 Å². The number of methoxy groups -OCH3 is 1. The number of ether oxygens (including phenoxy) is 1. The van der Waals surface area contributed by atoms with E-state index in [1.165, 1.54) is 7.11 Å². The first-order chi connectivity index (χ1) is 9.24. The predicted molar refractivity (Wildman–Crippen MR) is 73.0 cm³/mol. The van der Waals surface area contributed by atoms with Gasteiger partial charge in [0, 0.05) is 12.7 Å². The minimum Gasteiger partial charge on any atom is -0.382 e. The van der Waals surface area contributed by atoms with Crippen LogP contribution in [-0.2, 0) is 4.74 Å². The maximum atomic E-state index is 12.2. The van der Waals surface area contributed by atoms with Crippen LogP contribution in [-0.4, -0.2) is 24.1 Å². The van der Waals surface area contributed by atoms with Crippen molar-refractivity contribution in [2.24, 2.45) is 0 Å². The lowest BCUT2D eigenvalue weighted by atomic mass is 9.97. The molecule has 1 N–H and O–H groups in total. The van der Waals surface area contributed by atoms with E-state index in [0.29, 0.717) is 5.56 Å². The number of hydrogen-bond acceptors (Lipinski definition) is 3. The summed E-state index contributed by atoms with van der Waals surface area (Å²) in [5, 5.41) is 10.2. The van der Waals surface area contributed by atoms with Crippen molar-refractivity contribution >= 4 is 5.78 Å². The van der Waals surface area contributed by atoms with Gasteiger partial charge >= 0.3 is 0 Å². The molecule has 0 bridgehead atoms. The van der Waals surface area contributed by atoms with Crippen LogP contribution in [0.25, 0.3) is 0 Å². The Morgan fingerprint density at radius 2 is 1.53 bits per heavy atom. The van der Waals surface area contributed by atoms with Crippen LogP contribution in [0.3, 0.4) is 0 Å². The van der Waals surface area contributed by atoms with E-state index in [2.05, 4.69) is 0 Å². The third-order valence-corrected chi connectivity index (χ3v) is 3.00. The maximum absolute atomic E-state index is 12.2. The van der Waals surface area contributed by atoms with Gasteiger partial charge in [0.1, 0.15) is 12.2 Å². The molecule has 0 saturated carbocycles. The number of aliphatic hydroxyl groups is 1. The van der Waals surface area contributed by atoms with Crippen molar-refractivity contribution in [2.75, 3.05) is 7.11 Å². The Morgan fingerprint density at radius 3 is 2.05 bits per heavy atom. The number of carbonyl (C=O) groups excluding carboxylic acids is 1. The van der Waals surface area contributed by atoms with E-state index in [-0.39, 0.29) is 5.78 Å². The molecule has 0 aliphatic heterocycles. The van der Waals surface area contributed by atoms with Gasteiger partial charge in [0.2, 0.25) is 0 Å². The van der Waals surface area contributed by atoms with Crippen LogP contribution in [0.4, 0.5) is 0 Å². The van der Waals surface area contributed by atoms with Crippen LogP contribution in [0.2, 0.25) is 0 Å². The van der Waals surface area contributed by atoms with Crippen molar-refractivity contribution in [2.45, 2.75) is 12.2 Å². The van der Waals surface area contributed by atoms with Crippen LogP contribution in [0, 0.1) is 0 Å². The summed E-state index contributed by atoms with van der Waals surface area (Å²) in [6, 6.07) is 18.0. The number of ketones is 1. The lowest BCUT2D eigenvalue weighted by Crippen LogP contribution is -2.29. The normalized spacial score (nSPS) is 13.8. The number of hydrogen-bond donors (Lipinski definition) is 1. The lowest BCUT2D eigenvalue weighted by molar-refractivity contribution is -0.00430. The topological polar surface area (TPSA) is 46.5 Å². The minimum absolute atomic E-state index is 0.337. The average molecular weight is 256 g/mol. The van der Waals surface area contributed by atoms with Crippen molar-refractivity contribution in [3.63, 3.8) is 0 Å². The second kappa shape index (κ2) is 6.27. The molecule has 0 amide bonds. The molecule has 2 aromatic carbocycles. The van der Waals surface area contributed by atoms with Gasteiger partial charge in [0.05, 0.1) is 0 Å². The second-order valence-electron chi connectivity index (χ2n) is 4.24. The summed E-state index contributed by atoms with van der Waals surface area (Å²) in [5.74, 6) is -0.337. The Hall–Kier alpha value is -1.97. The van der Waals surface area contributed by atoms with Crippen LogP contribution in [0.1, 0.15) is 22.0 Å². The molecule has 0 heterocycles. The molecule has 0 fully saturated rings. The molecule has 3 heteroatoms. The summed E-state index contributed by atoms with van der Waals surface area (Å²) in [7, 11) is 1.49. The van der Waals surface area contributed by atoms with Crippen LogP contribution < -0.4 is 0 Å². The van der Waals surface area contributed by atoms with E-state index >= 15 is 0 Å². The molecule has 0 spiro atoms. The molecule has 3 nitrogen and oxygen atoms in total. The zero-order chi connectivity index (χ0) is 13.7. The fraction of sp³-hybridized carbons (Fsp3) is 0.188. The molecule has 2 atom stereocenters. The summed E-state index contributed by atoms with van der Waals surface area (Å²) >= 11 is 0.